The van der Waals surface area contributed by atoms with Gasteiger partial charge in [0.05, 0.1) is 31.2 Å². The molecule has 4 rings (SSSR count). The van der Waals surface area contributed by atoms with E-state index in [1.807, 2.05) is 12.1 Å². The van der Waals surface area contributed by atoms with Gasteiger partial charge < -0.3 is 30.2 Å². The minimum Gasteiger partial charge on any atom is -0.497 e. The van der Waals surface area contributed by atoms with Crippen LogP contribution in [0.15, 0.2) is 60.7 Å². The van der Waals surface area contributed by atoms with Crippen LogP contribution in [0, 0.1) is 0 Å². The van der Waals surface area contributed by atoms with Gasteiger partial charge >= 0.3 is 6.03 Å². The van der Waals surface area contributed by atoms with Crippen molar-refractivity contribution in [1.82, 2.24) is 0 Å². The van der Waals surface area contributed by atoms with E-state index in [1.165, 1.54) is 7.11 Å². The van der Waals surface area contributed by atoms with E-state index in [-0.39, 0.29) is 5.91 Å². The fourth-order valence-corrected chi connectivity index (χ4v) is 3.03. The van der Waals surface area contributed by atoms with E-state index in [4.69, 9.17) is 14.2 Å². The zero-order valence-electron chi connectivity index (χ0n) is 16.3. The molecule has 0 spiro atoms. The van der Waals surface area contributed by atoms with Crippen LogP contribution in [0.2, 0.25) is 0 Å². The maximum absolute atomic E-state index is 12.6. The molecule has 0 unspecified atom stereocenters. The number of amides is 3. The summed E-state index contributed by atoms with van der Waals surface area (Å²) in [5.74, 6) is 1.69. The van der Waals surface area contributed by atoms with Crippen molar-refractivity contribution in [3.8, 4) is 23.0 Å². The number of nitrogens with one attached hydrogen (secondary N) is 3. The molecule has 8 heteroatoms. The van der Waals surface area contributed by atoms with Gasteiger partial charge in [-0.25, -0.2) is 4.79 Å². The van der Waals surface area contributed by atoms with Crippen LogP contribution < -0.4 is 30.2 Å². The van der Waals surface area contributed by atoms with E-state index in [9.17, 15) is 9.59 Å². The van der Waals surface area contributed by atoms with Crippen molar-refractivity contribution in [1.29, 1.82) is 0 Å². The molecular weight excluding hydrogens is 386 g/mol. The van der Waals surface area contributed by atoms with Crippen molar-refractivity contribution in [2.45, 2.75) is 0 Å². The monoisotopic (exact) mass is 405 g/mol. The Bertz CT molecular complexity index is 1130. The highest BCUT2D eigenvalue weighted by atomic mass is 16.5. The Kier molecular flexibility index (Phi) is 5.13. The molecule has 3 N–H and O–H groups in total. The number of hydrogen-bond donors (Lipinski definition) is 3. The number of rotatable bonds is 4. The predicted octanol–water partition coefficient (Wildman–Crippen LogP) is 4.71. The van der Waals surface area contributed by atoms with Crippen molar-refractivity contribution in [2.24, 2.45) is 0 Å². The molecule has 0 saturated carbocycles. The number of carbonyl (C=O) groups is 2. The van der Waals surface area contributed by atoms with Gasteiger partial charge in [-0.3, -0.25) is 4.79 Å². The number of methoxy groups -OCH3 is 2. The molecule has 3 aromatic carbocycles. The van der Waals surface area contributed by atoms with Crippen LogP contribution in [-0.2, 0) is 0 Å². The SMILES string of the molecule is COc1ccc(NC(=O)Nc2ccc3c(c2)C(=O)Nc2ccccc2O3)c(OC)c1. The molecule has 8 nitrogen and oxygen atoms in total. The van der Waals surface area contributed by atoms with Crippen LogP contribution in [0.25, 0.3) is 0 Å². The maximum Gasteiger partial charge on any atom is 0.323 e. The first-order valence-electron chi connectivity index (χ1n) is 9.09. The topological polar surface area (TPSA) is 97.9 Å². The highest BCUT2D eigenvalue weighted by molar-refractivity contribution is 6.09. The lowest BCUT2D eigenvalue weighted by Crippen LogP contribution is -2.20. The second-order valence-corrected chi connectivity index (χ2v) is 6.41. The smallest absolute Gasteiger partial charge is 0.323 e. The zero-order valence-corrected chi connectivity index (χ0v) is 16.3. The Morgan fingerprint density at radius 1 is 0.933 bits per heavy atom. The molecule has 152 valence electrons. The number of anilines is 3. The highest BCUT2D eigenvalue weighted by Gasteiger charge is 2.21. The number of hydrogen-bond acceptors (Lipinski definition) is 5. The van der Waals surface area contributed by atoms with Crippen molar-refractivity contribution in [3.63, 3.8) is 0 Å². The van der Waals surface area contributed by atoms with Crippen LogP contribution in [0.3, 0.4) is 0 Å². The standard InChI is InChI=1S/C22H19N3O5/c1-28-14-8-9-17(20(12-14)29-2)25-22(27)23-13-7-10-18-15(11-13)21(26)24-16-5-3-4-6-19(16)30-18/h3-12H,1-2H3,(H,24,26)(H2,23,25,27). The van der Waals surface area contributed by atoms with E-state index in [0.717, 1.165) is 0 Å². The molecule has 1 aliphatic heterocycles. The van der Waals surface area contributed by atoms with Gasteiger partial charge in [0, 0.05) is 11.8 Å². The number of urea groups is 1. The molecule has 3 amide bonds. The Labute approximate surface area is 172 Å². The summed E-state index contributed by atoms with van der Waals surface area (Å²) in [6.07, 6.45) is 0. The first-order chi connectivity index (χ1) is 14.6. The van der Waals surface area contributed by atoms with Gasteiger partial charge in [-0.1, -0.05) is 12.1 Å². The quantitative estimate of drug-likeness (QED) is 0.584. The Morgan fingerprint density at radius 3 is 2.57 bits per heavy atom. The van der Waals surface area contributed by atoms with Crippen LogP contribution in [0.5, 0.6) is 23.0 Å². The average molecular weight is 405 g/mol. The lowest BCUT2D eigenvalue weighted by atomic mass is 10.1. The lowest BCUT2D eigenvalue weighted by molar-refractivity contribution is 0.102. The van der Waals surface area contributed by atoms with Gasteiger partial charge in [-0.05, 0) is 42.5 Å². The molecule has 30 heavy (non-hydrogen) atoms. The third-order valence-corrected chi connectivity index (χ3v) is 4.49. The van der Waals surface area contributed by atoms with Gasteiger partial charge in [0.15, 0.2) is 5.75 Å². The Morgan fingerprint density at radius 2 is 1.77 bits per heavy atom. The largest absolute Gasteiger partial charge is 0.497 e. The number of carbonyl (C=O) groups excluding carboxylic acids is 2. The highest BCUT2D eigenvalue weighted by Crippen LogP contribution is 2.36. The Hall–Kier alpha value is -4.20. The van der Waals surface area contributed by atoms with Crippen molar-refractivity contribution < 1.29 is 23.8 Å². The number of ether oxygens (including phenoxy) is 3. The van der Waals surface area contributed by atoms with Gasteiger partial charge in [0.1, 0.15) is 17.2 Å². The maximum atomic E-state index is 12.6. The summed E-state index contributed by atoms with van der Waals surface area (Å²) in [5.41, 5.74) is 1.80. The number of benzene rings is 3. The van der Waals surface area contributed by atoms with Gasteiger partial charge in [-0.15, -0.1) is 0 Å². The minimum atomic E-state index is -0.489. The molecule has 3 aromatic rings. The first kappa shape index (κ1) is 19.1. The molecule has 0 saturated heterocycles. The van der Waals surface area contributed by atoms with Gasteiger partial charge in [0.2, 0.25) is 0 Å². The minimum absolute atomic E-state index is 0.311. The summed E-state index contributed by atoms with van der Waals surface area (Å²) in [5, 5.41) is 8.23. The van der Waals surface area contributed by atoms with Gasteiger partial charge in [-0.2, -0.15) is 0 Å². The molecule has 0 atom stereocenters. The second-order valence-electron chi connectivity index (χ2n) is 6.41. The lowest BCUT2D eigenvalue weighted by Gasteiger charge is -2.13. The van der Waals surface area contributed by atoms with E-state index < -0.39 is 6.03 Å². The van der Waals surface area contributed by atoms with E-state index in [0.29, 0.717) is 45.6 Å². The summed E-state index contributed by atoms with van der Waals surface area (Å²) in [6.45, 7) is 0. The van der Waals surface area contributed by atoms with Crippen LogP contribution >= 0.6 is 0 Å². The number of para-hydroxylation sites is 2. The molecule has 0 aromatic heterocycles. The Balaban J connectivity index is 1.52. The molecule has 0 fully saturated rings. The fraction of sp³-hybridized carbons (Fsp3) is 0.0909. The van der Waals surface area contributed by atoms with Crippen LogP contribution in [0.4, 0.5) is 21.9 Å². The summed E-state index contributed by atoms with van der Waals surface area (Å²) in [7, 11) is 3.05. The van der Waals surface area contributed by atoms with E-state index >= 15 is 0 Å². The van der Waals surface area contributed by atoms with Crippen molar-refractivity contribution in [2.75, 3.05) is 30.2 Å². The van der Waals surface area contributed by atoms with Crippen LogP contribution in [0.1, 0.15) is 10.4 Å². The molecular formula is C22H19N3O5. The second kappa shape index (κ2) is 8.04. The van der Waals surface area contributed by atoms with Crippen LogP contribution in [-0.4, -0.2) is 26.2 Å². The third kappa shape index (κ3) is 3.83. The zero-order chi connectivity index (χ0) is 21.1. The van der Waals surface area contributed by atoms with E-state index in [1.54, 1.807) is 55.6 Å². The first-order valence-corrected chi connectivity index (χ1v) is 9.09. The molecule has 0 aliphatic carbocycles. The average Bonchev–Trinajstić information content (AvgIpc) is 2.89. The molecule has 0 bridgehead atoms. The van der Waals surface area contributed by atoms with Gasteiger partial charge in [0.25, 0.3) is 5.91 Å². The van der Waals surface area contributed by atoms with Crippen molar-refractivity contribution in [3.05, 3.63) is 66.2 Å². The normalized spacial score (nSPS) is 11.7. The molecule has 1 heterocycles. The summed E-state index contributed by atoms with van der Waals surface area (Å²) in [4.78, 5) is 25.1. The summed E-state index contributed by atoms with van der Waals surface area (Å²) >= 11 is 0. The van der Waals surface area contributed by atoms with E-state index in [2.05, 4.69) is 16.0 Å². The molecule has 0 radical (unpaired) electrons. The molecule has 1 aliphatic rings. The summed E-state index contributed by atoms with van der Waals surface area (Å²) in [6, 6.07) is 16.6. The van der Waals surface area contributed by atoms with Crippen molar-refractivity contribution >= 4 is 29.0 Å². The third-order valence-electron chi connectivity index (χ3n) is 4.49. The summed E-state index contributed by atoms with van der Waals surface area (Å²) < 4.78 is 16.3. The fourth-order valence-electron chi connectivity index (χ4n) is 3.03. The predicted molar refractivity (Wildman–Crippen MR) is 113 cm³/mol. The number of fused-ring (bicyclic) bond motifs is 2.